The summed E-state index contributed by atoms with van der Waals surface area (Å²) in [5, 5.41) is 9.48. The van der Waals surface area contributed by atoms with E-state index in [1.54, 1.807) is 18.7 Å². The Morgan fingerprint density at radius 1 is 1.35 bits per heavy atom. The van der Waals surface area contributed by atoms with Gasteiger partial charge in [-0.3, -0.25) is 0 Å². The van der Waals surface area contributed by atoms with E-state index < -0.39 is 12.1 Å². The first-order chi connectivity index (χ1) is 7.97. The molecule has 0 aliphatic rings. The minimum Gasteiger partial charge on any atom is -0.496 e. The van der Waals surface area contributed by atoms with Gasteiger partial charge < -0.3 is 14.6 Å². The highest BCUT2D eigenvalue weighted by atomic mass is 32.2. The van der Waals surface area contributed by atoms with Crippen LogP contribution in [0, 0.1) is 0 Å². The number of esters is 1. The molecule has 0 aliphatic heterocycles. The van der Waals surface area contributed by atoms with Crippen LogP contribution in [0.4, 0.5) is 0 Å². The molecule has 1 atom stereocenters. The predicted octanol–water partition coefficient (Wildman–Crippen LogP) is 1.75. The van der Waals surface area contributed by atoms with Gasteiger partial charge in [-0.25, -0.2) is 4.79 Å². The van der Waals surface area contributed by atoms with Crippen LogP contribution in [0.1, 0.15) is 13.3 Å². The summed E-state index contributed by atoms with van der Waals surface area (Å²) in [5.41, 5.74) is 0.308. The van der Waals surface area contributed by atoms with Gasteiger partial charge >= 0.3 is 5.97 Å². The third-order valence-corrected chi connectivity index (χ3v) is 2.43. The first-order valence-electron chi connectivity index (χ1n) is 5.27. The molecule has 0 radical (unpaired) electrons. The summed E-state index contributed by atoms with van der Waals surface area (Å²) >= 11 is 1.70. The van der Waals surface area contributed by atoms with E-state index >= 15 is 0 Å². The molecule has 0 bridgehead atoms. The van der Waals surface area contributed by atoms with E-state index in [0.29, 0.717) is 11.3 Å². The largest absolute Gasteiger partial charge is 0.496 e. The van der Waals surface area contributed by atoms with Crippen molar-refractivity contribution in [3.8, 4) is 0 Å². The maximum Gasteiger partial charge on any atom is 0.333 e. The Balaban J connectivity index is 3.65. The van der Waals surface area contributed by atoms with E-state index in [1.807, 2.05) is 6.26 Å². The van der Waals surface area contributed by atoms with E-state index in [4.69, 9.17) is 9.47 Å². The summed E-state index contributed by atoms with van der Waals surface area (Å²) in [5.74, 6) is 1.05. The van der Waals surface area contributed by atoms with Crippen LogP contribution in [-0.2, 0) is 14.3 Å². The summed E-state index contributed by atoms with van der Waals surface area (Å²) in [7, 11) is 0. The lowest BCUT2D eigenvalue weighted by atomic mass is 10.3. The summed E-state index contributed by atoms with van der Waals surface area (Å²) < 4.78 is 10.0. The average Bonchev–Trinajstić information content (AvgIpc) is 2.30. The van der Waals surface area contributed by atoms with Gasteiger partial charge in [0.1, 0.15) is 19.3 Å². The Labute approximate surface area is 107 Å². The van der Waals surface area contributed by atoms with Crippen molar-refractivity contribution in [1.82, 2.24) is 0 Å². The number of hydrogen-bond donors (Lipinski definition) is 1. The van der Waals surface area contributed by atoms with E-state index in [9.17, 15) is 9.90 Å². The zero-order valence-electron chi connectivity index (χ0n) is 10.4. The molecule has 0 aromatic heterocycles. The molecule has 0 aromatic carbocycles. The Hall–Kier alpha value is -0.940. The normalized spacial score (nSPS) is 11.7. The first-order valence-corrected chi connectivity index (χ1v) is 6.67. The number of aliphatic hydroxyl groups is 1. The Bertz CT molecular complexity index is 276. The maximum atomic E-state index is 11.0. The van der Waals surface area contributed by atoms with Crippen molar-refractivity contribution in [2.75, 3.05) is 25.2 Å². The van der Waals surface area contributed by atoms with Gasteiger partial charge in [0.15, 0.2) is 0 Å². The molecule has 0 aliphatic carbocycles. The average molecular weight is 260 g/mol. The molecule has 0 amide bonds. The molecule has 1 N–H and O–H groups in total. The van der Waals surface area contributed by atoms with Crippen molar-refractivity contribution >= 4 is 17.7 Å². The van der Waals surface area contributed by atoms with Crippen LogP contribution in [0.5, 0.6) is 0 Å². The van der Waals surface area contributed by atoms with Crippen LogP contribution in [0.2, 0.25) is 0 Å². The molecule has 0 heterocycles. The maximum absolute atomic E-state index is 11.0. The van der Waals surface area contributed by atoms with Crippen molar-refractivity contribution in [1.29, 1.82) is 0 Å². The quantitative estimate of drug-likeness (QED) is 0.389. The molecule has 1 unspecified atom stereocenters. The van der Waals surface area contributed by atoms with Gasteiger partial charge in [0.2, 0.25) is 0 Å². The molecule has 0 aromatic rings. The van der Waals surface area contributed by atoms with Crippen molar-refractivity contribution in [2.24, 2.45) is 0 Å². The van der Waals surface area contributed by atoms with Crippen LogP contribution >= 0.6 is 11.8 Å². The zero-order chi connectivity index (χ0) is 13.3. The second kappa shape index (κ2) is 9.13. The zero-order valence-corrected chi connectivity index (χ0v) is 11.2. The molecular formula is C12H20O4S. The fraction of sp³-hybridized carbons (Fsp3) is 0.583. The van der Waals surface area contributed by atoms with Gasteiger partial charge in [-0.15, -0.1) is 0 Å². The molecular weight excluding hydrogens is 240 g/mol. The first kappa shape index (κ1) is 16.1. The Morgan fingerprint density at radius 2 is 1.94 bits per heavy atom. The molecule has 0 saturated heterocycles. The number of allylic oxidation sites excluding steroid dienone is 1. The fourth-order valence-corrected chi connectivity index (χ4v) is 1.28. The number of carbonyl (C=O) groups is 1. The van der Waals surface area contributed by atoms with Crippen molar-refractivity contribution in [3.05, 3.63) is 24.5 Å². The minimum atomic E-state index is -0.843. The van der Waals surface area contributed by atoms with Crippen molar-refractivity contribution in [3.63, 3.8) is 0 Å². The van der Waals surface area contributed by atoms with Crippen LogP contribution < -0.4 is 0 Å². The lowest BCUT2D eigenvalue weighted by Crippen LogP contribution is -2.23. The van der Waals surface area contributed by atoms with Crippen molar-refractivity contribution in [2.45, 2.75) is 19.4 Å². The second-order valence-electron chi connectivity index (χ2n) is 3.63. The molecule has 0 saturated carbocycles. The number of aliphatic hydroxyl groups excluding tert-OH is 1. The van der Waals surface area contributed by atoms with Crippen molar-refractivity contribution < 1.29 is 19.4 Å². The third kappa shape index (κ3) is 8.83. The highest BCUT2D eigenvalue weighted by Gasteiger charge is 2.10. The number of rotatable bonds is 9. The predicted molar refractivity (Wildman–Crippen MR) is 69.9 cm³/mol. The van der Waals surface area contributed by atoms with Gasteiger partial charge in [-0.2, -0.15) is 11.8 Å². The van der Waals surface area contributed by atoms with Gasteiger partial charge in [0, 0.05) is 12.0 Å². The lowest BCUT2D eigenvalue weighted by molar-refractivity contribution is -0.142. The number of carbonyl (C=O) groups excluding carboxylic acids is 1. The molecule has 98 valence electrons. The highest BCUT2D eigenvalue weighted by Crippen LogP contribution is 2.06. The van der Waals surface area contributed by atoms with Gasteiger partial charge in [-0.05, 0) is 18.9 Å². The van der Waals surface area contributed by atoms with Crippen LogP contribution in [-0.4, -0.2) is 42.4 Å². The molecule has 4 nitrogen and oxygen atoms in total. The van der Waals surface area contributed by atoms with E-state index in [1.165, 1.54) is 0 Å². The second-order valence-corrected chi connectivity index (χ2v) is 4.61. The summed E-state index contributed by atoms with van der Waals surface area (Å²) in [6.45, 7) is 8.69. The number of thioether (sulfide) groups is 1. The standard InChI is InChI=1S/C12H20O4S/c1-9(2)12(14)16-8-11(13)7-15-10(3)5-6-17-4/h11,13H,1,3,5-8H2,2,4H3. The van der Waals surface area contributed by atoms with Crippen LogP contribution in [0.3, 0.4) is 0 Å². The van der Waals surface area contributed by atoms with Gasteiger partial charge in [0.25, 0.3) is 0 Å². The molecule has 0 fully saturated rings. The monoisotopic (exact) mass is 260 g/mol. The molecule has 0 rings (SSSR count). The topological polar surface area (TPSA) is 55.8 Å². The summed E-state index contributed by atoms with van der Waals surface area (Å²) in [6, 6.07) is 0. The Kier molecular flexibility index (Phi) is 8.62. The molecule has 5 heteroatoms. The minimum absolute atomic E-state index is 0.0800. The summed E-state index contributed by atoms with van der Waals surface area (Å²) in [4.78, 5) is 11.0. The van der Waals surface area contributed by atoms with Crippen LogP contribution in [0.15, 0.2) is 24.5 Å². The number of hydrogen-bond acceptors (Lipinski definition) is 5. The molecule has 17 heavy (non-hydrogen) atoms. The highest BCUT2D eigenvalue weighted by molar-refractivity contribution is 7.98. The molecule has 0 spiro atoms. The Morgan fingerprint density at radius 3 is 2.47 bits per heavy atom. The van der Waals surface area contributed by atoms with E-state index in [0.717, 1.165) is 12.2 Å². The van der Waals surface area contributed by atoms with E-state index in [-0.39, 0.29) is 13.2 Å². The summed E-state index contributed by atoms with van der Waals surface area (Å²) in [6.07, 6.45) is 1.91. The van der Waals surface area contributed by atoms with Crippen LogP contribution in [0.25, 0.3) is 0 Å². The number of ether oxygens (including phenoxy) is 2. The SMILES string of the molecule is C=C(CCSC)OCC(O)COC(=O)C(=C)C. The smallest absolute Gasteiger partial charge is 0.333 e. The van der Waals surface area contributed by atoms with Gasteiger partial charge in [0.05, 0.1) is 5.76 Å². The van der Waals surface area contributed by atoms with Gasteiger partial charge in [-0.1, -0.05) is 13.2 Å². The lowest BCUT2D eigenvalue weighted by Gasteiger charge is -2.14. The third-order valence-electron chi connectivity index (χ3n) is 1.82. The fourth-order valence-electron chi connectivity index (χ4n) is 0.845. The van der Waals surface area contributed by atoms with E-state index in [2.05, 4.69) is 13.2 Å².